The molecular formula is C20H14BrNO5. The van der Waals surface area contributed by atoms with E-state index in [1.807, 2.05) is 18.2 Å². The summed E-state index contributed by atoms with van der Waals surface area (Å²) >= 11 is 3.21. The van der Waals surface area contributed by atoms with Gasteiger partial charge in [-0.15, -0.1) is 0 Å². The molecule has 0 spiro atoms. The summed E-state index contributed by atoms with van der Waals surface area (Å²) < 4.78 is 5.44. The number of carbonyl (C=O) groups is 2. The van der Waals surface area contributed by atoms with Crippen LogP contribution in [0.3, 0.4) is 0 Å². The SMILES string of the molecule is COc1cc(/C=C(\C(=O)C(=O)O)c2ccc3ccccc3n2)cc(Br)c1O. The number of halogens is 1. The third-order valence-electron chi connectivity index (χ3n) is 3.89. The van der Waals surface area contributed by atoms with Gasteiger partial charge in [-0.05, 0) is 51.8 Å². The summed E-state index contributed by atoms with van der Waals surface area (Å²) in [6.07, 6.45) is 1.40. The molecule has 136 valence electrons. The van der Waals surface area contributed by atoms with E-state index in [-0.39, 0.29) is 22.8 Å². The summed E-state index contributed by atoms with van der Waals surface area (Å²) in [4.78, 5) is 28.0. The highest BCUT2D eigenvalue weighted by Crippen LogP contribution is 2.36. The zero-order chi connectivity index (χ0) is 19.6. The number of benzene rings is 2. The van der Waals surface area contributed by atoms with Gasteiger partial charge in [-0.1, -0.05) is 24.3 Å². The Balaban J connectivity index is 2.19. The Bertz CT molecular complexity index is 1090. The van der Waals surface area contributed by atoms with Gasteiger partial charge in [0.15, 0.2) is 11.5 Å². The maximum atomic E-state index is 12.3. The van der Waals surface area contributed by atoms with Crippen molar-refractivity contribution < 1.29 is 24.5 Å². The van der Waals surface area contributed by atoms with Gasteiger partial charge in [-0.2, -0.15) is 0 Å². The number of ketones is 1. The Hall–Kier alpha value is -3.19. The highest BCUT2D eigenvalue weighted by molar-refractivity contribution is 9.10. The molecule has 3 rings (SSSR count). The second-order valence-corrected chi connectivity index (χ2v) is 6.49. The van der Waals surface area contributed by atoms with Crippen LogP contribution >= 0.6 is 15.9 Å². The number of aromatic nitrogens is 1. The van der Waals surface area contributed by atoms with E-state index in [9.17, 15) is 19.8 Å². The van der Waals surface area contributed by atoms with Gasteiger partial charge in [-0.3, -0.25) is 4.79 Å². The number of ether oxygens (including phenoxy) is 1. The minimum Gasteiger partial charge on any atom is -0.503 e. The lowest BCUT2D eigenvalue weighted by atomic mass is 10.0. The summed E-state index contributed by atoms with van der Waals surface area (Å²) in [5.74, 6) is -2.57. The molecule has 27 heavy (non-hydrogen) atoms. The number of phenols is 1. The molecule has 0 aliphatic rings. The number of fused-ring (bicyclic) bond motifs is 1. The van der Waals surface area contributed by atoms with Crippen LogP contribution in [0.15, 0.2) is 53.0 Å². The van der Waals surface area contributed by atoms with Gasteiger partial charge in [0.25, 0.3) is 5.78 Å². The minimum atomic E-state index is -1.58. The number of Topliss-reactive ketones (excluding diaryl/α,β-unsaturated/α-hetero) is 1. The summed E-state index contributed by atoms with van der Waals surface area (Å²) in [6, 6.07) is 13.7. The lowest BCUT2D eigenvalue weighted by Gasteiger charge is -2.09. The van der Waals surface area contributed by atoms with Crippen LogP contribution in [0.4, 0.5) is 0 Å². The van der Waals surface area contributed by atoms with Crippen molar-refractivity contribution in [2.24, 2.45) is 0 Å². The van der Waals surface area contributed by atoms with Crippen LogP contribution in [0.1, 0.15) is 11.3 Å². The number of carboxylic acid groups (broad SMARTS) is 1. The van der Waals surface area contributed by atoms with Crippen LogP contribution in [0, 0.1) is 0 Å². The van der Waals surface area contributed by atoms with Crippen molar-refractivity contribution in [3.8, 4) is 11.5 Å². The lowest BCUT2D eigenvalue weighted by Crippen LogP contribution is -2.15. The highest BCUT2D eigenvalue weighted by Gasteiger charge is 2.21. The van der Waals surface area contributed by atoms with E-state index in [1.165, 1.54) is 19.3 Å². The number of hydrogen-bond acceptors (Lipinski definition) is 5. The van der Waals surface area contributed by atoms with Crippen LogP contribution in [0.25, 0.3) is 22.6 Å². The van der Waals surface area contributed by atoms with Gasteiger partial charge in [0, 0.05) is 5.39 Å². The molecule has 0 saturated carbocycles. The summed E-state index contributed by atoms with van der Waals surface area (Å²) in [7, 11) is 1.39. The van der Waals surface area contributed by atoms with Crippen molar-refractivity contribution in [1.29, 1.82) is 0 Å². The molecule has 2 N–H and O–H groups in total. The number of pyridine rings is 1. The van der Waals surface area contributed by atoms with Gasteiger partial charge in [0.2, 0.25) is 0 Å². The van der Waals surface area contributed by atoms with Crippen LogP contribution in [-0.4, -0.2) is 34.1 Å². The van der Waals surface area contributed by atoms with Crippen LogP contribution in [-0.2, 0) is 9.59 Å². The van der Waals surface area contributed by atoms with Gasteiger partial charge >= 0.3 is 5.97 Å². The molecule has 0 atom stereocenters. The first-order chi connectivity index (χ1) is 12.9. The van der Waals surface area contributed by atoms with Crippen LogP contribution < -0.4 is 4.74 Å². The first kappa shape index (κ1) is 18.6. The second kappa shape index (κ2) is 7.59. The van der Waals surface area contributed by atoms with Gasteiger partial charge in [0.1, 0.15) is 0 Å². The van der Waals surface area contributed by atoms with Crippen molar-refractivity contribution in [3.05, 3.63) is 64.3 Å². The first-order valence-electron chi connectivity index (χ1n) is 7.82. The van der Waals surface area contributed by atoms with Gasteiger partial charge in [0.05, 0.1) is 28.4 Å². The fourth-order valence-electron chi connectivity index (χ4n) is 2.59. The molecule has 1 heterocycles. The van der Waals surface area contributed by atoms with Gasteiger partial charge < -0.3 is 14.9 Å². The molecule has 1 aromatic heterocycles. The van der Waals surface area contributed by atoms with Crippen molar-refractivity contribution in [1.82, 2.24) is 4.98 Å². The zero-order valence-electron chi connectivity index (χ0n) is 14.1. The van der Waals surface area contributed by atoms with Crippen molar-refractivity contribution in [2.75, 3.05) is 7.11 Å². The fourth-order valence-corrected chi connectivity index (χ4v) is 3.05. The molecule has 0 aliphatic heterocycles. The molecule has 0 bridgehead atoms. The van der Waals surface area contributed by atoms with E-state index < -0.39 is 11.8 Å². The standard InChI is InChI=1S/C20H14BrNO5/c1-27-17-10-11(9-14(21)19(17)24)8-13(18(23)20(25)26)16-7-6-12-4-2-3-5-15(12)22-16/h2-10,24H,1H3,(H,25,26)/b13-8-. The zero-order valence-corrected chi connectivity index (χ0v) is 15.7. The van der Waals surface area contributed by atoms with E-state index in [0.717, 1.165) is 5.39 Å². The van der Waals surface area contributed by atoms with Crippen molar-refractivity contribution in [3.63, 3.8) is 0 Å². The lowest BCUT2D eigenvalue weighted by molar-refractivity contribution is -0.146. The molecule has 6 nitrogen and oxygen atoms in total. The number of para-hydroxylation sites is 1. The Morgan fingerprint density at radius 3 is 2.59 bits per heavy atom. The molecule has 0 aliphatic carbocycles. The smallest absolute Gasteiger partial charge is 0.377 e. The molecule has 0 unspecified atom stereocenters. The Morgan fingerprint density at radius 2 is 1.89 bits per heavy atom. The van der Waals surface area contributed by atoms with Crippen molar-refractivity contribution in [2.45, 2.75) is 0 Å². The minimum absolute atomic E-state index is 0.0760. The first-order valence-corrected chi connectivity index (χ1v) is 8.62. The fraction of sp³-hybridized carbons (Fsp3) is 0.0500. The average molecular weight is 428 g/mol. The number of carbonyl (C=O) groups excluding carboxylic acids is 1. The average Bonchev–Trinajstić information content (AvgIpc) is 2.67. The predicted molar refractivity (Wildman–Crippen MR) is 105 cm³/mol. The third kappa shape index (κ3) is 3.83. The predicted octanol–water partition coefficient (Wildman–Crippen LogP) is 3.91. The largest absolute Gasteiger partial charge is 0.503 e. The van der Waals surface area contributed by atoms with Crippen LogP contribution in [0.2, 0.25) is 0 Å². The monoisotopic (exact) mass is 427 g/mol. The molecule has 7 heteroatoms. The van der Waals surface area contributed by atoms with E-state index >= 15 is 0 Å². The van der Waals surface area contributed by atoms with Crippen molar-refractivity contribution >= 4 is 50.2 Å². The quantitative estimate of drug-likeness (QED) is 0.473. The number of phenolic OH excluding ortho intramolecular Hbond substituents is 1. The Morgan fingerprint density at radius 1 is 1.15 bits per heavy atom. The molecule has 0 fully saturated rings. The van der Waals surface area contributed by atoms with E-state index in [4.69, 9.17) is 4.74 Å². The highest BCUT2D eigenvalue weighted by atomic mass is 79.9. The van der Waals surface area contributed by atoms with E-state index in [1.54, 1.807) is 24.3 Å². The number of carboxylic acids is 1. The number of aromatic hydroxyl groups is 1. The molecule has 2 aromatic carbocycles. The number of aliphatic carboxylic acids is 1. The van der Waals surface area contributed by atoms with Gasteiger partial charge in [-0.25, -0.2) is 9.78 Å². The molecule has 0 radical (unpaired) electrons. The topological polar surface area (TPSA) is 96.7 Å². The summed E-state index contributed by atoms with van der Waals surface area (Å²) in [5, 5.41) is 20.0. The summed E-state index contributed by atoms with van der Waals surface area (Å²) in [6.45, 7) is 0. The Labute approximate surface area is 162 Å². The normalized spacial score (nSPS) is 11.4. The number of hydrogen-bond donors (Lipinski definition) is 2. The Kier molecular flexibility index (Phi) is 5.23. The molecule has 0 saturated heterocycles. The van der Waals surface area contributed by atoms with E-state index in [0.29, 0.717) is 15.6 Å². The summed E-state index contributed by atoms with van der Waals surface area (Å²) in [5.41, 5.74) is 1.27. The third-order valence-corrected chi connectivity index (χ3v) is 4.50. The van der Waals surface area contributed by atoms with Crippen LogP contribution in [0.5, 0.6) is 11.5 Å². The number of methoxy groups -OCH3 is 1. The molecule has 3 aromatic rings. The maximum Gasteiger partial charge on any atom is 0.377 e. The molecular weight excluding hydrogens is 414 g/mol. The molecule has 0 amide bonds. The number of rotatable bonds is 5. The maximum absolute atomic E-state index is 12.3. The number of nitrogens with zero attached hydrogens (tertiary/aromatic N) is 1. The van der Waals surface area contributed by atoms with E-state index in [2.05, 4.69) is 20.9 Å². The second-order valence-electron chi connectivity index (χ2n) is 5.64.